The summed E-state index contributed by atoms with van der Waals surface area (Å²) in [5, 5.41) is 4.75. The molecule has 6 nitrogen and oxygen atoms in total. The van der Waals surface area contributed by atoms with Crippen LogP contribution in [0.15, 0.2) is 0 Å². The number of hydrogen-bond acceptors (Lipinski definition) is 4. The lowest BCUT2D eigenvalue weighted by Crippen LogP contribution is -2.60. The highest BCUT2D eigenvalue weighted by Crippen LogP contribution is 2.24. The van der Waals surface area contributed by atoms with Crippen LogP contribution in [0.2, 0.25) is 0 Å². The lowest BCUT2D eigenvalue weighted by Gasteiger charge is -2.31. The number of carbonyl (C=O) groups is 3. The molecular formula is C16H28F2N2O4. The van der Waals surface area contributed by atoms with E-state index in [0.717, 1.165) is 0 Å². The number of halogens is 2. The van der Waals surface area contributed by atoms with Gasteiger partial charge in [0.15, 0.2) is 5.54 Å². The fourth-order valence-electron chi connectivity index (χ4n) is 2.18. The molecule has 0 spiro atoms. The largest absolute Gasteiger partial charge is 0.464 e. The topological polar surface area (TPSA) is 84.5 Å². The van der Waals surface area contributed by atoms with Gasteiger partial charge in [-0.1, -0.05) is 13.8 Å². The molecule has 0 rings (SSSR count). The molecule has 0 aromatic rings. The first kappa shape index (κ1) is 22.3. The number of amides is 2. The summed E-state index contributed by atoms with van der Waals surface area (Å²) < 4.78 is 32.0. The van der Waals surface area contributed by atoms with Crippen LogP contribution in [0.3, 0.4) is 0 Å². The summed E-state index contributed by atoms with van der Waals surface area (Å²) in [6, 6.07) is 0. The molecule has 0 saturated carbocycles. The molecule has 8 heteroatoms. The number of hydrogen-bond donors (Lipinski definition) is 2. The predicted molar refractivity (Wildman–Crippen MR) is 85.6 cm³/mol. The van der Waals surface area contributed by atoms with Crippen LogP contribution in [0.5, 0.6) is 0 Å². The highest BCUT2D eigenvalue weighted by Gasteiger charge is 2.49. The summed E-state index contributed by atoms with van der Waals surface area (Å²) in [7, 11) is 0. The highest BCUT2D eigenvalue weighted by molar-refractivity contribution is 5.88. The molecular weight excluding hydrogens is 322 g/mol. The molecule has 140 valence electrons. The summed E-state index contributed by atoms with van der Waals surface area (Å²) in [4.78, 5) is 35.2. The third kappa shape index (κ3) is 7.23. The number of esters is 1. The van der Waals surface area contributed by atoms with Crippen molar-refractivity contribution in [2.24, 2.45) is 0 Å². The molecule has 0 heterocycles. The lowest BCUT2D eigenvalue weighted by molar-refractivity contribution is -0.162. The van der Waals surface area contributed by atoms with Crippen molar-refractivity contribution < 1.29 is 27.9 Å². The Bertz CT molecular complexity index is 419. The first-order valence-corrected chi connectivity index (χ1v) is 8.37. The van der Waals surface area contributed by atoms with Crippen LogP contribution in [0, 0.1) is 0 Å². The highest BCUT2D eigenvalue weighted by atomic mass is 19.3. The smallest absolute Gasteiger partial charge is 0.337 e. The first-order chi connectivity index (χ1) is 11.3. The van der Waals surface area contributed by atoms with E-state index in [1.54, 1.807) is 6.92 Å². The molecule has 2 amide bonds. The molecule has 0 aromatic carbocycles. The van der Waals surface area contributed by atoms with Crippen LogP contribution in [-0.4, -0.2) is 42.9 Å². The molecule has 0 aliphatic heterocycles. The average Bonchev–Trinajstić information content (AvgIpc) is 2.50. The summed E-state index contributed by atoms with van der Waals surface area (Å²) in [6.07, 6.45) is -1.75. The van der Waals surface area contributed by atoms with Crippen molar-refractivity contribution in [2.45, 2.75) is 71.3 Å². The van der Waals surface area contributed by atoms with Gasteiger partial charge >= 0.3 is 5.97 Å². The van der Waals surface area contributed by atoms with Crippen molar-refractivity contribution in [1.29, 1.82) is 0 Å². The van der Waals surface area contributed by atoms with Crippen LogP contribution in [0.4, 0.5) is 8.78 Å². The monoisotopic (exact) mass is 350 g/mol. The Morgan fingerprint density at radius 2 is 1.62 bits per heavy atom. The lowest BCUT2D eigenvalue weighted by atomic mass is 9.93. The van der Waals surface area contributed by atoms with Crippen LogP contribution >= 0.6 is 0 Å². The molecule has 1 atom stereocenters. The van der Waals surface area contributed by atoms with Gasteiger partial charge in [-0.2, -0.15) is 0 Å². The minimum atomic E-state index is -3.11. The fourth-order valence-corrected chi connectivity index (χ4v) is 2.18. The third-order valence-corrected chi connectivity index (χ3v) is 3.40. The number of nitrogens with one attached hydrogen (secondary N) is 2. The van der Waals surface area contributed by atoms with E-state index < -0.39 is 23.8 Å². The Morgan fingerprint density at radius 1 is 1.04 bits per heavy atom. The summed E-state index contributed by atoms with van der Waals surface area (Å²) in [5.41, 5.74) is -2.38. The van der Waals surface area contributed by atoms with Crippen molar-refractivity contribution in [3.63, 3.8) is 0 Å². The zero-order chi connectivity index (χ0) is 18.6. The van der Waals surface area contributed by atoms with Gasteiger partial charge in [-0.25, -0.2) is 13.6 Å². The van der Waals surface area contributed by atoms with E-state index in [0.29, 0.717) is 19.3 Å². The minimum Gasteiger partial charge on any atom is -0.464 e. The normalized spacial score (nSPS) is 13.2. The van der Waals surface area contributed by atoms with Crippen LogP contribution in [0.1, 0.15) is 59.3 Å². The van der Waals surface area contributed by atoms with Gasteiger partial charge in [0.1, 0.15) is 0 Å². The van der Waals surface area contributed by atoms with Crippen molar-refractivity contribution in [3.8, 4) is 0 Å². The first-order valence-electron chi connectivity index (χ1n) is 8.37. The van der Waals surface area contributed by atoms with Crippen molar-refractivity contribution in [2.75, 3.05) is 13.2 Å². The third-order valence-electron chi connectivity index (χ3n) is 3.40. The number of ether oxygens (including phenoxy) is 1. The standard InChI is InChI=1S/C16H28F2N2O4/c1-4-8-12(21)19-11-7-10-16(14(17)18,15(23)24-6-3)20-13(22)9-5-2/h14H,4-11H2,1-3H3,(H,19,21)(H,20,22). The number of alkyl halides is 2. The van der Waals surface area contributed by atoms with Gasteiger partial charge in [-0.3, -0.25) is 9.59 Å². The molecule has 24 heavy (non-hydrogen) atoms. The summed E-state index contributed by atoms with van der Waals surface area (Å²) in [6.45, 7) is 5.18. The zero-order valence-corrected chi connectivity index (χ0v) is 14.6. The van der Waals surface area contributed by atoms with E-state index in [-0.39, 0.29) is 38.3 Å². The van der Waals surface area contributed by atoms with Gasteiger partial charge < -0.3 is 15.4 Å². The van der Waals surface area contributed by atoms with Gasteiger partial charge in [-0.05, 0) is 32.6 Å². The molecule has 0 fully saturated rings. The Labute approximate surface area is 141 Å². The predicted octanol–water partition coefficient (Wildman–Crippen LogP) is 2.17. The fraction of sp³-hybridized carbons (Fsp3) is 0.812. The zero-order valence-electron chi connectivity index (χ0n) is 14.6. The Kier molecular flexibility index (Phi) is 10.9. The summed E-state index contributed by atoms with van der Waals surface area (Å²) >= 11 is 0. The van der Waals surface area contributed by atoms with E-state index in [4.69, 9.17) is 4.74 Å². The second-order valence-electron chi connectivity index (χ2n) is 5.49. The van der Waals surface area contributed by atoms with Crippen molar-refractivity contribution in [1.82, 2.24) is 10.6 Å². The molecule has 0 aliphatic rings. The maximum Gasteiger partial charge on any atom is 0.337 e. The van der Waals surface area contributed by atoms with Crippen molar-refractivity contribution >= 4 is 17.8 Å². The molecule has 1 unspecified atom stereocenters. The van der Waals surface area contributed by atoms with Crippen molar-refractivity contribution in [3.05, 3.63) is 0 Å². The van der Waals surface area contributed by atoms with E-state index in [9.17, 15) is 23.2 Å². The maximum absolute atomic E-state index is 13.6. The molecule has 0 bridgehead atoms. The molecule has 0 aromatic heterocycles. The quantitative estimate of drug-likeness (QED) is 0.417. The van der Waals surface area contributed by atoms with Crippen LogP contribution in [-0.2, 0) is 19.1 Å². The Morgan fingerprint density at radius 3 is 2.12 bits per heavy atom. The second kappa shape index (κ2) is 11.8. The molecule has 0 aliphatic carbocycles. The molecule has 2 N–H and O–H groups in total. The van der Waals surface area contributed by atoms with Gasteiger partial charge in [0, 0.05) is 19.4 Å². The SMILES string of the molecule is CCCC(=O)NCCCC(NC(=O)CCC)(C(=O)OCC)C(F)F. The molecule has 0 saturated heterocycles. The minimum absolute atomic E-state index is 0.0428. The van der Waals surface area contributed by atoms with E-state index >= 15 is 0 Å². The van der Waals surface area contributed by atoms with Gasteiger partial charge in [0.2, 0.25) is 11.8 Å². The van der Waals surface area contributed by atoms with Gasteiger partial charge in [-0.15, -0.1) is 0 Å². The maximum atomic E-state index is 13.6. The van der Waals surface area contributed by atoms with Gasteiger partial charge in [0.25, 0.3) is 6.43 Å². The van der Waals surface area contributed by atoms with E-state index in [1.807, 2.05) is 6.92 Å². The number of carbonyl (C=O) groups excluding carboxylic acids is 3. The number of rotatable bonds is 12. The Balaban J connectivity index is 4.97. The van der Waals surface area contributed by atoms with E-state index in [2.05, 4.69) is 10.6 Å². The van der Waals surface area contributed by atoms with Crippen LogP contribution in [0.25, 0.3) is 0 Å². The van der Waals surface area contributed by atoms with Gasteiger partial charge in [0.05, 0.1) is 6.61 Å². The molecule has 0 radical (unpaired) electrons. The van der Waals surface area contributed by atoms with E-state index in [1.165, 1.54) is 6.92 Å². The Hall–Kier alpha value is -1.73. The average molecular weight is 350 g/mol. The summed E-state index contributed by atoms with van der Waals surface area (Å²) in [5.74, 6) is -1.95. The van der Waals surface area contributed by atoms with Crippen LogP contribution < -0.4 is 10.6 Å². The second-order valence-corrected chi connectivity index (χ2v) is 5.49.